The number of aliphatic hydroxyl groups is 1. The van der Waals surface area contributed by atoms with Crippen LogP contribution in [0.25, 0.3) is 10.8 Å². The first-order chi connectivity index (χ1) is 12.8. The predicted octanol–water partition coefficient (Wildman–Crippen LogP) is 4.35. The number of carbonyl (C=O) groups excluding carboxylic acids is 1. The summed E-state index contributed by atoms with van der Waals surface area (Å²) < 4.78 is 1.63. The summed E-state index contributed by atoms with van der Waals surface area (Å²) in [7, 11) is 1.62. The average molecular weight is 391 g/mol. The van der Waals surface area contributed by atoms with Crippen molar-refractivity contribution in [3.63, 3.8) is 0 Å². The van der Waals surface area contributed by atoms with Crippen molar-refractivity contribution in [2.45, 2.75) is 64.1 Å². The second-order valence-electron chi connectivity index (χ2n) is 7.77. The molecular formula is C21H27ClN2O3. The number of fused-ring (bicyclic) bond motifs is 1. The molecule has 5 nitrogen and oxygen atoms in total. The lowest BCUT2D eigenvalue weighted by atomic mass is 9.99. The Morgan fingerprint density at radius 1 is 1.15 bits per heavy atom. The molecule has 0 spiro atoms. The van der Waals surface area contributed by atoms with Crippen molar-refractivity contribution in [2.24, 2.45) is 0 Å². The predicted molar refractivity (Wildman–Crippen MR) is 108 cm³/mol. The molecule has 0 atom stereocenters. The molecule has 1 aliphatic rings. The maximum atomic E-state index is 13.3. The van der Waals surface area contributed by atoms with Gasteiger partial charge in [0.15, 0.2) is 0 Å². The van der Waals surface area contributed by atoms with E-state index in [2.05, 4.69) is 0 Å². The van der Waals surface area contributed by atoms with Crippen LogP contribution >= 0.6 is 11.6 Å². The second-order valence-corrected chi connectivity index (χ2v) is 8.17. The van der Waals surface area contributed by atoms with Crippen LogP contribution in [-0.2, 0) is 0 Å². The molecule has 27 heavy (non-hydrogen) atoms. The first kappa shape index (κ1) is 19.9. The Hall–Kier alpha value is -1.85. The van der Waals surface area contributed by atoms with Crippen molar-refractivity contribution in [1.29, 1.82) is 0 Å². The Kier molecular flexibility index (Phi) is 5.63. The molecule has 0 unspecified atom stereocenters. The van der Waals surface area contributed by atoms with Crippen LogP contribution in [0.5, 0.6) is 0 Å². The van der Waals surface area contributed by atoms with Gasteiger partial charge in [-0.05, 0) is 57.7 Å². The van der Waals surface area contributed by atoms with E-state index in [1.807, 2.05) is 13.8 Å². The summed E-state index contributed by atoms with van der Waals surface area (Å²) in [6.07, 6.45) is 6.70. The molecule has 0 aliphatic heterocycles. The van der Waals surface area contributed by atoms with Crippen LogP contribution in [0.4, 0.5) is 0 Å². The van der Waals surface area contributed by atoms with Crippen molar-refractivity contribution < 1.29 is 9.90 Å². The van der Waals surface area contributed by atoms with Crippen molar-refractivity contribution in [2.75, 3.05) is 7.05 Å². The smallest absolute Gasteiger partial charge is 0.258 e. The van der Waals surface area contributed by atoms with Crippen LogP contribution in [0.15, 0.2) is 29.2 Å². The van der Waals surface area contributed by atoms with E-state index in [1.54, 1.807) is 36.0 Å². The Morgan fingerprint density at radius 2 is 1.78 bits per heavy atom. The maximum absolute atomic E-state index is 13.3. The number of pyridine rings is 1. The molecule has 2 aromatic rings. The molecule has 1 heterocycles. The molecule has 146 valence electrons. The third-order valence-electron chi connectivity index (χ3n) is 5.66. The van der Waals surface area contributed by atoms with Gasteiger partial charge in [0.2, 0.25) is 0 Å². The zero-order valence-corrected chi connectivity index (χ0v) is 16.9. The normalized spacial score (nSPS) is 17.1. The summed E-state index contributed by atoms with van der Waals surface area (Å²) >= 11 is 6.38. The van der Waals surface area contributed by atoms with Crippen LogP contribution in [0.3, 0.4) is 0 Å². The maximum Gasteiger partial charge on any atom is 0.258 e. The number of rotatable bonds is 3. The lowest BCUT2D eigenvalue weighted by Gasteiger charge is -2.37. The quantitative estimate of drug-likeness (QED) is 0.626. The summed E-state index contributed by atoms with van der Waals surface area (Å²) in [5, 5.41) is 12.4. The van der Waals surface area contributed by atoms with E-state index in [1.165, 1.54) is 4.90 Å². The number of hydrogen-bond donors (Lipinski definition) is 1. The van der Waals surface area contributed by atoms with Crippen LogP contribution in [0.1, 0.15) is 68.8 Å². The number of aromatic nitrogens is 1. The molecular weight excluding hydrogens is 364 g/mol. The van der Waals surface area contributed by atoms with Gasteiger partial charge < -0.3 is 14.6 Å². The standard InChI is InChI=1S/C21H27ClN2O3/c1-14(2)24-13-10-15-16(19(24)25)8-9-17(22)18(15)20(26)23(3)21(27)11-6-4-5-7-12-21/h8-10,13-14,27H,4-7,11-12H2,1-3H3. The fourth-order valence-electron chi connectivity index (χ4n) is 3.93. The molecule has 1 amide bonds. The lowest BCUT2D eigenvalue weighted by Crippen LogP contribution is -2.49. The molecule has 1 aromatic heterocycles. The van der Waals surface area contributed by atoms with Gasteiger partial charge in [-0.25, -0.2) is 0 Å². The highest BCUT2D eigenvalue weighted by atomic mass is 35.5. The molecule has 1 saturated carbocycles. The summed E-state index contributed by atoms with van der Waals surface area (Å²) in [6, 6.07) is 5.04. The highest BCUT2D eigenvalue weighted by molar-refractivity contribution is 6.35. The van der Waals surface area contributed by atoms with Gasteiger partial charge in [0.1, 0.15) is 5.72 Å². The Labute approximate surface area is 164 Å². The number of hydrogen-bond acceptors (Lipinski definition) is 3. The summed E-state index contributed by atoms with van der Waals surface area (Å²) in [4.78, 5) is 27.5. The van der Waals surface area contributed by atoms with Crippen molar-refractivity contribution >= 4 is 28.3 Å². The SMILES string of the molecule is CC(C)n1ccc2c(C(=O)N(C)C3(O)CCCCCC3)c(Cl)ccc2c1=O. The number of nitrogens with zero attached hydrogens (tertiary/aromatic N) is 2. The average Bonchev–Trinajstić information content (AvgIpc) is 2.86. The Balaban J connectivity index is 2.10. The molecule has 0 bridgehead atoms. The van der Waals surface area contributed by atoms with Crippen LogP contribution in [0, 0.1) is 0 Å². The first-order valence-electron chi connectivity index (χ1n) is 9.60. The van der Waals surface area contributed by atoms with E-state index in [4.69, 9.17) is 11.6 Å². The van der Waals surface area contributed by atoms with E-state index in [0.717, 1.165) is 25.7 Å². The summed E-state index contributed by atoms with van der Waals surface area (Å²) in [5.41, 5.74) is -1.04. The number of amides is 1. The van der Waals surface area contributed by atoms with Crippen molar-refractivity contribution in [3.8, 4) is 0 Å². The van der Waals surface area contributed by atoms with E-state index in [-0.39, 0.29) is 23.1 Å². The van der Waals surface area contributed by atoms with E-state index < -0.39 is 5.72 Å². The third kappa shape index (κ3) is 3.63. The largest absolute Gasteiger partial charge is 0.371 e. The Bertz CT molecular complexity index is 912. The summed E-state index contributed by atoms with van der Waals surface area (Å²) in [5.74, 6) is -0.350. The van der Waals surface area contributed by atoms with Gasteiger partial charge in [0, 0.05) is 30.1 Å². The molecule has 1 fully saturated rings. The highest BCUT2D eigenvalue weighted by Gasteiger charge is 2.36. The van der Waals surface area contributed by atoms with Gasteiger partial charge in [0.05, 0.1) is 10.6 Å². The summed E-state index contributed by atoms with van der Waals surface area (Å²) in [6.45, 7) is 3.87. The van der Waals surface area contributed by atoms with Crippen LogP contribution in [0.2, 0.25) is 5.02 Å². The second kappa shape index (κ2) is 7.64. The first-order valence-corrected chi connectivity index (χ1v) is 9.98. The molecule has 0 saturated heterocycles. The minimum atomic E-state index is -1.17. The lowest BCUT2D eigenvalue weighted by molar-refractivity contribution is -0.0860. The zero-order chi connectivity index (χ0) is 19.8. The number of carbonyl (C=O) groups is 1. The molecule has 6 heteroatoms. The van der Waals surface area contributed by atoms with Gasteiger partial charge in [-0.2, -0.15) is 0 Å². The minimum Gasteiger partial charge on any atom is -0.371 e. The van der Waals surface area contributed by atoms with Crippen molar-refractivity contribution in [1.82, 2.24) is 9.47 Å². The molecule has 3 rings (SSSR count). The molecule has 0 radical (unpaired) electrons. The number of halogens is 1. The fourth-order valence-corrected chi connectivity index (χ4v) is 4.17. The van der Waals surface area contributed by atoms with Crippen molar-refractivity contribution in [3.05, 3.63) is 45.3 Å². The monoisotopic (exact) mass is 390 g/mol. The molecule has 1 aliphatic carbocycles. The van der Waals surface area contributed by atoms with Gasteiger partial charge in [-0.1, -0.05) is 24.4 Å². The molecule has 1 N–H and O–H groups in total. The van der Waals surface area contributed by atoms with Gasteiger partial charge in [-0.3, -0.25) is 9.59 Å². The minimum absolute atomic E-state index is 0.0195. The fraction of sp³-hybridized carbons (Fsp3) is 0.524. The Morgan fingerprint density at radius 3 is 2.37 bits per heavy atom. The molecule has 1 aromatic carbocycles. The van der Waals surface area contributed by atoms with Gasteiger partial charge in [0.25, 0.3) is 11.5 Å². The van der Waals surface area contributed by atoms with Gasteiger partial charge >= 0.3 is 0 Å². The van der Waals surface area contributed by atoms with Crippen LogP contribution < -0.4 is 5.56 Å². The van der Waals surface area contributed by atoms with Crippen LogP contribution in [-0.4, -0.2) is 33.3 Å². The van der Waals surface area contributed by atoms with Gasteiger partial charge in [-0.15, -0.1) is 0 Å². The topological polar surface area (TPSA) is 62.5 Å². The van der Waals surface area contributed by atoms with E-state index >= 15 is 0 Å². The van der Waals surface area contributed by atoms with E-state index in [0.29, 0.717) is 28.6 Å². The zero-order valence-electron chi connectivity index (χ0n) is 16.2. The highest BCUT2D eigenvalue weighted by Crippen LogP contribution is 2.33. The van der Waals surface area contributed by atoms with E-state index in [9.17, 15) is 14.7 Å². The number of benzene rings is 1. The third-order valence-corrected chi connectivity index (χ3v) is 5.98.